The molecular weight excluding hydrogens is 322 g/mol. The fraction of sp³-hybridized carbons (Fsp3) is 0.632. The summed E-state index contributed by atoms with van der Waals surface area (Å²) in [6, 6.07) is 8.01. The number of aliphatic imine (C=N–C) groups is 1. The Kier molecular flexibility index (Phi) is 7.86. The Bertz CT molecular complexity index is 529. The van der Waals surface area contributed by atoms with E-state index in [9.17, 15) is 0 Å². The fourth-order valence-electron chi connectivity index (χ4n) is 2.70. The van der Waals surface area contributed by atoms with Crippen LogP contribution in [0.4, 0.5) is 0 Å². The summed E-state index contributed by atoms with van der Waals surface area (Å²) in [5.74, 6) is 0.905. The highest BCUT2D eigenvalue weighted by Gasteiger charge is 2.41. The molecule has 0 amide bonds. The van der Waals surface area contributed by atoms with E-state index in [-0.39, 0.29) is 0 Å². The van der Waals surface area contributed by atoms with Gasteiger partial charge in [0.25, 0.3) is 0 Å². The highest BCUT2D eigenvalue weighted by Crippen LogP contribution is 2.48. The molecule has 0 atom stereocenters. The third kappa shape index (κ3) is 6.70. The highest BCUT2D eigenvalue weighted by molar-refractivity contribution is 6.30. The molecule has 0 bridgehead atoms. The van der Waals surface area contributed by atoms with Crippen LogP contribution in [-0.2, 0) is 11.2 Å². The van der Waals surface area contributed by atoms with Crippen LogP contribution in [0.5, 0.6) is 0 Å². The first-order valence-electron chi connectivity index (χ1n) is 9.02. The van der Waals surface area contributed by atoms with Crippen LogP contribution in [-0.4, -0.2) is 38.8 Å². The predicted octanol–water partition coefficient (Wildman–Crippen LogP) is 3.64. The van der Waals surface area contributed by atoms with E-state index in [1.54, 1.807) is 0 Å². The van der Waals surface area contributed by atoms with Gasteiger partial charge in [-0.05, 0) is 62.6 Å². The van der Waals surface area contributed by atoms with Crippen molar-refractivity contribution in [3.8, 4) is 0 Å². The minimum atomic E-state index is 0.379. The molecule has 0 aliphatic heterocycles. The van der Waals surface area contributed by atoms with E-state index < -0.39 is 0 Å². The van der Waals surface area contributed by atoms with Gasteiger partial charge < -0.3 is 15.4 Å². The highest BCUT2D eigenvalue weighted by atomic mass is 35.5. The normalized spacial score (nSPS) is 16.0. The van der Waals surface area contributed by atoms with Gasteiger partial charge in [-0.1, -0.05) is 23.7 Å². The molecule has 1 aromatic rings. The molecule has 2 N–H and O–H groups in total. The average molecular weight is 352 g/mol. The first kappa shape index (κ1) is 19.1. The van der Waals surface area contributed by atoms with Gasteiger partial charge >= 0.3 is 0 Å². The van der Waals surface area contributed by atoms with Crippen molar-refractivity contribution in [2.24, 2.45) is 10.4 Å². The summed E-state index contributed by atoms with van der Waals surface area (Å²) in [7, 11) is 0. The Hall–Kier alpha value is -1.26. The Labute approximate surface area is 151 Å². The standard InChI is InChI=1S/C19H30ClN3O/c1-3-21-18(22-12-8-16-6-5-7-17(20)14-16)23-15-19(9-10-19)11-13-24-4-2/h5-7,14H,3-4,8-13,15H2,1-2H3,(H2,21,22,23). The summed E-state index contributed by atoms with van der Waals surface area (Å²) in [5.41, 5.74) is 1.62. The third-order valence-corrected chi connectivity index (χ3v) is 4.69. The number of halogens is 1. The van der Waals surface area contributed by atoms with Gasteiger partial charge in [-0.3, -0.25) is 4.99 Å². The second-order valence-electron chi connectivity index (χ2n) is 6.45. The molecule has 0 radical (unpaired) electrons. The molecule has 0 spiro atoms. The van der Waals surface area contributed by atoms with Gasteiger partial charge in [0, 0.05) is 37.9 Å². The van der Waals surface area contributed by atoms with Crippen LogP contribution in [0.15, 0.2) is 29.3 Å². The molecular formula is C19H30ClN3O. The Morgan fingerprint density at radius 1 is 1.29 bits per heavy atom. The fourth-order valence-corrected chi connectivity index (χ4v) is 2.92. The number of benzene rings is 1. The van der Waals surface area contributed by atoms with Crippen LogP contribution in [0.2, 0.25) is 5.02 Å². The summed E-state index contributed by atoms with van der Waals surface area (Å²) < 4.78 is 5.50. The quantitative estimate of drug-likeness (QED) is 0.384. The smallest absolute Gasteiger partial charge is 0.191 e. The lowest BCUT2D eigenvalue weighted by molar-refractivity contribution is 0.129. The van der Waals surface area contributed by atoms with E-state index >= 15 is 0 Å². The molecule has 1 aliphatic carbocycles. The second-order valence-corrected chi connectivity index (χ2v) is 6.89. The molecule has 0 saturated heterocycles. The van der Waals surface area contributed by atoms with Gasteiger partial charge in [0.1, 0.15) is 0 Å². The molecule has 4 nitrogen and oxygen atoms in total. The number of ether oxygens (including phenoxy) is 1. The zero-order valence-corrected chi connectivity index (χ0v) is 15.7. The number of hydrogen-bond acceptors (Lipinski definition) is 2. The molecule has 1 fully saturated rings. The largest absolute Gasteiger partial charge is 0.382 e. The van der Waals surface area contributed by atoms with Crippen LogP contribution in [0.3, 0.4) is 0 Å². The van der Waals surface area contributed by atoms with Crippen LogP contribution < -0.4 is 10.6 Å². The molecule has 1 aliphatic rings. The lowest BCUT2D eigenvalue weighted by atomic mass is 10.0. The Balaban J connectivity index is 1.78. The zero-order chi connectivity index (χ0) is 17.3. The number of guanidine groups is 1. The van der Waals surface area contributed by atoms with Crippen molar-refractivity contribution in [3.63, 3.8) is 0 Å². The SMILES string of the molecule is CCNC(=NCC1(CCOCC)CC1)NCCc1cccc(Cl)c1. The van der Waals surface area contributed by atoms with Gasteiger partial charge in [0.2, 0.25) is 0 Å². The topological polar surface area (TPSA) is 45.7 Å². The monoisotopic (exact) mass is 351 g/mol. The van der Waals surface area contributed by atoms with E-state index in [1.165, 1.54) is 18.4 Å². The molecule has 5 heteroatoms. The van der Waals surface area contributed by atoms with E-state index in [0.717, 1.165) is 56.7 Å². The van der Waals surface area contributed by atoms with Crippen molar-refractivity contribution in [2.75, 3.05) is 32.8 Å². The van der Waals surface area contributed by atoms with Gasteiger partial charge in [-0.15, -0.1) is 0 Å². The van der Waals surface area contributed by atoms with Crippen molar-refractivity contribution < 1.29 is 4.74 Å². The van der Waals surface area contributed by atoms with Crippen LogP contribution >= 0.6 is 11.6 Å². The molecule has 134 valence electrons. The first-order valence-corrected chi connectivity index (χ1v) is 9.39. The lowest BCUT2D eigenvalue weighted by Crippen LogP contribution is -2.38. The van der Waals surface area contributed by atoms with Gasteiger partial charge in [0.05, 0.1) is 0 Å². The zero-order valence-electron chi connectivity index (χ0n) is 14.9. The lowest BCUT2D eigenvalue weighted by Gasteiger charge is -2.15. The van der Waals surface area contributed by atoms with E-state index in [4.69, 9.17) is 21.3 Å². The summed E-state index contributed by atoms with van der Waals surface area (Å²) in [4.78, 5) is 4.79. The number of nitrogens with one attached hydrogen (secondary N) is 2. The summed E-state index contributed by atoms with van der Waals surface area (Å²) >= 11 is 6.03. The number of nitrogens with zero attached hydrogens (tertiary/aromatic N) is 1. The summed E-state index contributed by atoms with van der Waals surface area (Å²) in [5, 5.41) is 7.54. The van der Waals surface area contributed by atoms with Crippen LogP contribution in [0.25, 0.3) is 0 Å². The maximum atomic E-state index is 6.03. The Morgan fingerprint density at radius 3 is 2.79 bits per heavy atom. The second kappa shape index (κ2) is 9.90. The van der Waals surface area contributed by atoms with Crippen LogP contribution in [0.1, 0.15) is 38.7 Å². The molecule has 0 heterocycles. The first-order chi connectivity index (χ1) is 11.7. The maximum absolute atomic E-state index is 6.03. The number of hydrogen-bond donors (Lipinski definition) is 2. The van der Waals surface area contributed by atoms with E-state index in [0.29, 0.717) is 5.41 Å². The van der Waals surface area contributed by atoms with Crippen molar-refractivity contribution >= 4 is 17.6 Å². The molecule has 0 aromatic heterocycles. The molecule has 24 heavy (non-hydrogen) atoms. The van der Waals surface area contributed by atoms with Crippen molar-refractivity contribution in [3.05, 3.63) is 34.9 Å². The summed E-state index contributed by atoms with van der Waals surface area (Å²) in [6.45, 7) is 8.39. The van der Waals surface area contributed by atoms with Gasteiger partial charge in [-0.2, -0.15) is 0 Å². The minimum absolute atomic E-state index is 0.379. The van der Waals surface area contributed by atoms with Crippen molar-refractivity contribution in [1.29, 1.82) is 0 Å². The van der Waals surface area contributed by atoms with Crippen LogP contribution in [0, 0.1) is 5.41 Å². The molecule has 2 rings (SSSR count). The average Bonchev–Trinajstić information content (AvgIpc) is 3.33. The van der Waals surface area contributed by atoms with E-state index in [2.05, 4.69) is 23.6 Å². The van der Waals surface area contributed by atoms with Crippen molar-refractivity contribution in [2.45, 2.75) is 39.5 Å². The molecule has 0 unspecified atom stereocenters. The summed E-state index contributed by atoms with van der Waals surface area (Å²) in [6.07, 6.45) is 4.59. The van der Waals surface area contributed by atoms with Gasteiger partial charge in [0.15, 0.2) is 5.96 Å². The van der Waals surface area contributed by atoms with Crippen molar-refractivity contribution in [1.82, 2.24) is 10.6 Å². The number of rotatable bonds is 10. The van der Waals surface area contributed by atoms with Gasteiger partial charge in [-0.25, -0.2) is 0 Å². The maximum Gasteiger partial charge on any atom is 0.191 e. The Morgan fingerprint density at radius 2 is 2.12 bits per heavy atom. The van der Waals surface area contributed by atoms with E-state index in [1.807, 2.05) is 25.1 Å². The molecule has 1 aromatic carbocycles. The predicted molar refractivity (Wildman–Crippen MR) is 102 cm³/mol. The molecule has 1 saturated carbocycles. The third-order valence-electron chi connectivity index (χ3n) is 4.45. The minimum Gasteiger partial charge on any atom is -0.382 e.